The molecule has 0 fully saturated rings. The smallest absolute Gasteiger partial charge is 0.338 e. The second-order valence-corrected chi connectivity index (χ2v) is 4.33. The summed E-state index contributed by atoms with van der Waals surface area (Å²) < 4.78 is 13.7. The first-order valence-electron chi connectivity index (χ1n) is 5.37. The lowest BCUT2D eigenvalue weighted by molar-refractivity contribution is -0.384. The second-order valence-electron chi connectivity index (χ2n) is 3.92. The van der Waals surface area contributed by atoms with Crippen LogP contribution in [-0.2, 0) is 0 Å². The molecule has 1 N–H and O–H groups in total. The normalized spacial score (nSPS) is 10.3. The maximum absolute atomic E-state index is 13.7. The van der Waals surface area contributed by atoms with E-state index in [1.54, 1.807) is 0 Å². The summed E-state index contributed by atoms with van der Waals surface area (Å²) in [7, 11) is 0. The van der Waals surface area contributed by atoms with Crippen LogP contribution < -0.4 is 0 Å². The van der Waals surface area contributed by atoms with Crippen LogP contribution in [0.3, 0.4) is 0 Å². The van der Waals surface area contributed by atoms with Gasteiger partial charge in [0, 0.05) is 22.7 Å². The Bertz CT molecular complexity index is 718. The highest BCUT2D eigenvalue weighted by atomic mass is 35.5. The van der Waals surface area contributed by atoms with E-state index >= 15 is 0 Å². The van der Waals surface area contributed by atoms with Crippen LogP contribution in [0, 0.1) is 15.9 Å². The molecule has 0 aromatic heterocycles. The van der Waals surface area contributed by atoms with Gasteiger partial charge in [0.2, 0.25) is 0 Å². The van der Waals surface area contributed by atoms with Crippen LogP contribution in [0.5, 0.6) is 0 Å². The number of nitrogens with zero attached hydrogens (tertiary/aromatic N) is 1. The number of benzene rings is 2. The number of carboxylic acid groups (broad SMARTS) is 1. The number of hydrogen-bond donors (Lipinski definition) is 1. The molecule has 0 saturated carbocycles. The Morgan fingerprint density at radius 2 is 2.00 bits per heavy atom. The maximum atomic E-state index is 13.7. The number of carbonyl (C=O) groups is 1. The predicted molar refractivity (Wildman–Crippen MR) is 70.5 cm³/mol. The highest BCUT2D eigenvalue weighted by Crippen LogP contribution is 2.32. The number of carboxylic acids is 1. The third-order valence-corrected chi connectivity index (χ3v) is 2.97. The van der Waals surface area contributed by atoms with E-state index in [0.29, 0.717) is 5.56 Å². The molecule has 0 atom stereocenters. The van der Waals surface area contributed by atoms with Gasteiger partial charge < -0.3 is 5.11 Å². The Morgan fingerprint density at radius 3 is 2.60 bits per heavy atom. The molecule has 2 aromatic rings. The van der Waals surface area contributed by atoms with Gasteiger partial charge >= 0.3 is 5.97 Å². The van der Waals surface area contributed by atoms with Gasteiger partial charge in [-0.15, -0.1) is 0 Å². The third kappa shape index (κ3) is 2.60. The highest BCUT2D eigenvalue weighted by Gasteiger charge is 2.16. The van der Waals surface area contributed by atoms with Crippen molar-refractivity contribution in [2.24, 2.45) is 0 Å². The predicted octanol–water partition coefficient (Wildman–Crippen LogP) is 3.75. The van der Waals surface area contributed by atoms with Gasteiger partial charge in [-0.3, -0.25) is 10.1 Å². The van der Waals surface area contributed by atoms with Crippen molar-refractivity contribution >= 4 is 23.3 Å². The molecule has 2 rings (SSSR count). The maximum Gasteiger partial charge on any atom is 0.338 e. The van der Waals surface area contributed by atoms with Crippen molar-refractivity contribution in [2.45, 2.75) is 0 Å². The van der Waals surface area contributed by atoms with Crippen molar-refractivity contribution < 1.29 is 19.2 Å². The van der Waals surface area contributed by atoms with Crippen LogP contribution in [0.1, 0.15) is 10.4 Å². The molecule has 0 unspecified atom stereocenters. The minimum Gasteiger partial charge on any atom is -0.478 e. The van der Waals surface area contributed by atoms with E-state index in [9.17, 15) is 19.3 Å². The van der Waals surface area contributed by atoms with Gasteiger partial charge in [-0.2, -0.15) is 0 Å². The fourth-order valence-electron chi connectivity index (χ4n) is 1.72. The van der Waals surface area contributed by atoms with E-state index in [2.05, 4.69) is 0 Å². The first kappa shape index (κ1) is 14.0. The van der Waals surface area contributed by atoms with E-state index < -0.39 is 22.3 Å². The van der Waals surface area contributed by atoms with E-state index in [0.717, 1.165) is 12.1 Å². The van der Waals surface area contributed by atoms with Crippen molar-refractivity contribution in [2.75, 3.05) is 0 Å². The summed E-state index contributed by atoms with van der Waals surface area (Å²) in [5.74, 6) is -2.39. The van der Waals surface area contributed by atoms with Gasteiger partial charge in [0.15, 0.2) is 0 Å². The zero-order chi connectivity index (χ0) is 14.9. The van der Waals surface area contributed by atoms with Crippen molar-refractivity contribution in [1.82, 2.24) is 0 Å². The zero-order valence-electron chi connectivity index (χ0n) is 9.84. The Hall–Kier alpha value is -2.47. The zero-order valence-corrected chi connectivity index (χ0v) is 10.6. The average Bonchev–Trinajstić information content (AvgIpc) is 2.40. The average molecular weight is 296 g/mol. The summed E-state index contributed by atoms with van der Waals surface area (Å²) >= 11 is 5.91. The lowest BCUT2D eigenvalue weighted by Crippen LogP contribution is -2.01. The summed E-state index contributed by atoms with van der Waals surface area (Å²) in [5.41, 5.74) is -0.191. The molecule has 0 spiro atoms. The molecule has 0 aliphatic rings. The molecule has 0 radical (unpaired) electrons. The van der Waals surface area contributed by atoms with Crippen molar-refractivity contribution in [3.63, 3.8) is 0 Å². The van der Waals surface area contributed by atoms with Crippen molar-refractivity contribution in [3.05, 3.63) is 62.9 Å². The summed E-state index contributed by atoms with van der Waals surface area (Å²) in [6.07, 6.45) is 0. The number of nitro groups is 1. The molecular weight excluding hydrogens is 289 g/mol. The summed E-state index contributed by atoms with van der Waals surface area (Å²) in [5, 5.41) is 19.5. The fourth-order valence-corrected chi connectivity index (χ4v) is 1.99. The lowest BCUT2D eigenvalue weighted by Gasteiger charge is -2.07. The first-order chi connectivity index (χ1) is 9.40. The molecule has 0 bridgehead atoms. The number of non-ortho nitro benzene ring substituents is 1. The molecule has 0 aliphatic heterocycles. The first-order valence-corrected chi connectivity index (χ1v) is 5.75. The molecule has 5 nitrogen and oxygen atoms in total. The fraction of sp³-hybridized carbons (Fsp3) is 0. The Morgan fingerprint density at radius 1 is 1.30 bits per heavy atom. The number of aromatic carboxylic acids is 1. The SMILES string of the molecule is O=C(O)c1cc(Cl)c(-c2cccc([N+](=O)[O-])c2)cc1F. The van der Waals surface area contributed by atoms with Crippen molar-refractivity contribution in [3.8, 4) is 11.1 Å². The quantitative estimate of drug-likeness (QED) is 0.690. The van der Waals surface area contributed by atoms with Crippen LogP contribution in [0.25, 0.3) is 11.1 Å². The van der Waals surface area contributed by atoms with E-state index in [4.69, 9.17) is 16.7 Å². The van der Waals surface area contributed by atoms with E-state index in [1.165, 1.54) is 24.3 Å². The molecular formula is C13H7ClFNO4. The molecule has 0 heterocycles. The molecule has 7 heteroatoms. The number of hydrogen-bond acceptors (Lipinski definition) is 3. The van der Waals surface area contributed by atoms with Crippen molar-refractivity contribution in [1.29, 1.82) is 0 Å². The van der Waals surface area contributed by atoms with Gasteiger partial charge in [0.05, 0.1) is 10.5 Å². The lowest BCUT2D eigenvalue weighted by atomic mass is 10.0. The van der Waals surface area contributed by atoms with Crippen LogP contribution >= 0.6 is 11.6 Å². The third-order valence-electron chi connectivity index (χ3n) is 2.66. The molecule has 0 saturated heterocycles. The molecule has 0 amide bonds. The van der Waals surface area contributed by atoms with Crippen LogP contribution in [-0.4, -0.2) is 16.0 Å². The van der Waals surface area contributed by atoms with Gasteiger partial charge in [-0.1, -0.05) is 23.7 Å². The van der Waals surface area contributed by atoms with Crippen LogP contribution in [0.2, 0.25) is 5.02 Å². The number of rotatable bonds is 3. The molecule has 0 aliphatic carbocycles. The summed E-state index contributed by atoms with van der Waals surface area (Å²) in [6.45, 7) is 0. The van der Waals surface area contributed by atoms with Gasteiger partial charge in [0.1, 0.15) is 5.82 Å². The molecule has 102 valence electrons. The van der Waals surface area contributed by atoms with Gasteiger partial charge in [0.25, 0.3) is 5.69 Å². The largest absolute Gasteiger partial charge is 0.478 e. The Kier molecular flexibility index (Phi) is 3.67. The monoisotopic (exact) mass is 295 g/mol. The van der Waals surface area contributed by atoms with Gasteiger partial charge in [-0.25, -0.2) is 9.18 Å². The Balaban J connectivity index is 2.59. The topological polar surface area (TPSA) is 80.4 Å². The molecule has 20 heavy (non-hydrogen) atoms. The Labute approximate surface area is 117 Å². The minimum absolute atomic E-state index is 0.00398. The van der Waals surface area contributed by atoms with E-state index in [1.807, 2.05) is 0 Å². The number of halogens is 2. The highest BCUT2D eigenvalue weighted by molar-refractivity contribution is 6.33. The van der Waals surface area contributed by atoms with Gasteiger partial charge in [-0.05, 0) is 17.7 Å². The summed E-state index contributed by atoms with van der Waals surface area (Å²) in [6, 6.07) is 7.42. The molecule has 2 aromatic carbocycles. The second kappa shape index (κ2) is 5.26. The van der Waals surface area contributed by atoms with E-state index in [-0.39, 0.29) is 16.3 Å². The van der Waals surface area contributed by atoms with Crippen LogP contribution in [0.4, 0.5) is 10.1 Å². The minimum atomic E-state index is -1.44. The van der Waals surface area contributed by atoms with Crippen LogP contribution in [0.15, 0.2) is 36.4 Å². The number of nitro benzene ring substituents is 1. The summed E-state index contributed by atoms with van der Waals surface area (Å²) in [4.78, 5) is 20.9. The standard InChI is InChI=1S/C13H7ClFNO4/c14-11-5-10(13(17)18)12(15)6-9(11)7-2-1-3-8(4-7)16(19)20/h1-6H,(H,17,18).